The average molecular weight is 551 g/mol. The van der Waals surface area contributed by atoms with E-state index in [0.717, 1.165) is 28.7 Å². The molecule has 0 spiro atoms. The number of allylic oxidation sites excluding steroid dienone is 1. The average Bonchev–Trinajstić information content (AvgIpc) is 3.04. The summed E-state index contributed by atoms with van der Waals surface area (Å²) in [5.41, 5.74) is 4.17. The normalized spacial score (nSPS) is 11.7. The third-order valence-electron chi connectivity index (χ3n) is 4.20. The van der Waals surface area contributed by atoms with Gasteiger partial charge in [0.25, 0.3) is 0 Å². The summed E-state index contributed by atoms with van der Waals surface area (Å²) >= 11 is 7.95. The van der Waals surface area contributed by atoms with Crippen LogP contribution in [0.3, 0.4) is 0 Å². The van der Waals surface area contributed by atoms with Gasteiger partial charge in [0.2, 0.25) is 0 Å². The summed E-state index contributed by atoms with van der Waals surface area (Å²) in [6.07, 6.45) is 2.85. The van der Waals surface area contributed by atoms with Crippen LogP contribution in [0.4, 0.5) is 14.5 Å². The van der Waals surface area contributed by atoms with Crippen molar-refractivity contribution >= 4 is 69.0 Å². The maximum absolute atomic E-state index is 14.2. The van der Waals surface area contributed by atoms with E-state index in [4.69, 9.17) is 11.6 Å². The van der Waals surface area contributed by atoms with Crippen LogP contribution < -0.4 is 5.32 Å². The molecule has 0 radical (unpaired) electrons. The molecule has 1 unspecified atom stereocenters. The van der Waals surface area contributed by atoms with Crippen molar-refractivity contribution in [3.8, 4) is 0 Å². The maximum atomic E-state index is 14.2. The molecule has 0 saturated heterocycles. The fraction of sp³-hybridized carbons (Fsp3) is 0.211. The van der Waals surface area contributed by atoms with Crippen LogP contribution in [-0.4, -0.2) is 27.9 Å². The molecule has 0 saturated carbocycles. The summed E-state index contributed by atoms with van der Waals surface area (Å²) in [6.45, 7) is 5.72. The molecule has 1 atom stereocenters. The van der Waals surface area contributed by atoms with Crippen molar-refractivity contribution in [2.75, 3.05) is 12.4 Å². The summed E-state index contributed by atoms with van der Waals surface area (Å²) in [5, 5.41) is 8.67. The Morgan fingerprint density at radius 2 is 2.00 bits per heavy atom. The second-order valence-corrected chi connectivity index (χ2v) is 8.48. The molecule has 29 heavy (non-hydrogen) atoms. The number of benzene rings is 1. The van der Waals surface area contributed by atoms with Crippen LogP contribution in [0.1, 0.15) is 22.5 Å². The Kier molecular flexibility index (Phi) is 8.48. The van der Waals surface area contributed by atoms with E-state index in [1.807, 2.05) is 20.9 Å². The molecule has 0 fully saturated rings. The van der Waals surface area contributed by atoms with Crippen molar-refractivity contribution in [2.24, 2.45) is 0 Å². The highest BCUT2D eigenvalue weighted by atomic mass is 127. The smallest absolute Gasteiger partial charge is 0.178 e. The van der Waals surface area contributed by atoms with E-state index >= 15 is 0 Å². The third kappa shape index (κ3) is 5.29. The molecule has 3 aromatic rings. The lowest BCUT2D eigenvalue weighted by Crippen LogP contribution is -1.97. The van der Waals surface area contributed by atoms with Crippen LogP contribution in [0.25, 0.3) is 17.0 Å². The quantitative estimate of drug-likeness (QED) is 0.182. The van der Waals surface area contributed by atoms with E-state index in [1.165, 1.54) is 10.5 Å². The van der Waals surface area contributed by atoms with Gasteiger partial charge in [0.1, 0.15) is 5.52 Å². The van der Waals surface area contributed by atoms with Gasteiger partial charge in [-0.15, -0.1) is 0 Å². The molecule has 1 N–H and O–H groups in total. The number of rotatable bonds is 4. The predicted molar refractivity (Wildman–Crippen MR) is 126 cm³/mol. The van der Waals surface area contributed by atoms with Crippen LogP contribution in [0.15, 0.2) is 24.2 Å². The van der Waals surface area contributed by atoms with E-state index in [0.29, 0.717) is 15.9 Å². The maximum Gasteiger partial charge on any atom is 0.178 e. The summed E-state index contributed by atoms with van der Waals surface area (Å²) in [5.74, 6) is -1.57. The Labute approximate surface area is 187 Å². The van der Waals surface area contributed by atoms with Gasteiger partial charge in [0, 0.05) is 24.2 Å². The first-order valence-corrected chi connectivity index (χ1v) is 12.8. The number of nitrogens with zero attached hydrogens (tertiary/aromatic N) is 3. The number of fused-ring (bicyclic) bond motifs is 1. The van der Waals surface area contributed by atoms with Crippen molar-refractivity contribution in [3.63, 3.8) is 0 Å². The van der Waals surface area contributed by atoms with Crippen LogP contribution in [0, 0.1) is 26.6 Å². The van der Waals surface area contributed by atoms with E-state index < -0.39 is 11.6 Å². The third-order valence-corrected chi connectivity index (χ3v) is 6.44. The Morgan fingerprint density at radius 1 is 1.31 bits per heavy atom. The second kappa shape index (κ2) is 10.4. The molecule has 3 rings (SSSR count). The number of aromatic nitrogens is 3. The fourth-order valence-electron chi connectivity index (χ4n) is 2.76. The minimum absolute atomic E-state index is 0.0444. The minimum Gasteiger partial charge on any atom is -0.386 e. The van der Waals surface area contributed by atoms with Gasteiger partial charge in [-0.1, -0.05) is 23.7 Å². The van der Waals surface area contributed by atoms with E-state index in [1.54, 1.807) is 19.2 Å². The predicted octanol–water partition coefficient (Wildman–Crippen LogP) is 6.18. The first-order valence-electron chi connectivity index (χ1n) is 8.41. The van der Waals surface area contributed by atoms with Crippen LogP contribution >= 0.6 is 40.0 Å². The van der Waals surface area contributed by atoms with Gasteiger partial charge in [-0.25, -0.2) is 13.2 Å². The molecule has 2 heterocycles. The number of nitrogens with one attached hydrogen (secondary N) is 1. The highest BCUT2D eigenvalue weighted by Crippen LogP contribution is 2.33. The Morgan fingerprint density at radius 3 is 2.55 bits per heavy atom. The molecule has 154 valence electrons. The number of carbonyl (C=O) groups is 1. The van der Waals surface area contributed by atoms with Crippen molar-refractivity contribution in [2.45, 2.75) is 20.8 Å². The number of hydrogen-bond acceptors (Lipinski definition) is 4. The molecule has 0 aliphatic carbocycles. The lowest BCUT2D eigenvalue weighted by Gasteiger charge is -2.08. The fourth-order valence-corrected chi connectivity index (χ4v) is 4.44. The standard InChI is InChI=1S/C11H8F2IN2OP.C8H11ClN2/c1-6-9-3-2-7(4-8(12)5-17)10(13)11(9)16(15-6)18-14;1-5-7(9)4-11-6(2)8(5)10-3/h2-5,18H,1H3;4,10H,1-3H3/b8-4-;. The summed E-state index contributed by atoms with van der Waals surface area (Å²) < 4.78 is 28.7. The van der Waals surface area contributed by atoms with Crippen LogP contribution in [-0.2, 0) is 4.79 Å². The van der Waals surface area contributed by atoms with Crippen molar-refractivity contribution < 1.29 is 13.6 Å². The highest BCUT2D eigenvalue weighted by molar-refractivity contribution is 14.2. The van der Waals surface area contributed by atoms with Crippen molar-refractivity contribution in [1.82, 2.24) is 14.5 Å². The number of aryl methyl sites for hydroxylation is 2. The monoisotopic (exact) mass is 550 g/mol. The van der Waals surface area contributed by atoms with E-state index in [9.17, 15) is 13.6 Å². The zero-order valence-corrected chi connectivity index (χ0v) is 20.1. The number of aldehydes is 1. The summed E-state index contributed by atoms with van der Waals surface area (Å²) in [6, 6.07) is 3.12. The number of halogens is 4. The largest absolute Gasteiger partial charge is 0.386 e. The molecular weight excluding hydrogens is 532 g/mol. The lowest BCUT2D eigenvalue weighted by molar-refractivity contribution is -0.106. The van der Waals surface area contributed by atoms with Crippen LogP contribution in [0.5, 0.6) is 0 Å². The van der Waals surface area contributed by atoms with Gasteiger partial charge in [0.15, 0.2) is 17.9 Å². The van der Waals surface area contributed by atoms with Gasteiger partial charge >= 0.3 is 0 Å². The molecule has 0 bridgehead atoms. The first kappa shape index (κ1) is 23.6. The second-order valence-electron chi connectivity index (χ2n) is 6.04. The zero-order chi connectivity index (χ0) is 21.7. The molecule has 5 nitrogen and oxygen atoms in total. The van der Waals surface area contributed by atoms with Crippen LogP contribution in [0.2, 0.25) is 5.02 Å². The molecule has 1 aromatic carbocycles. The summed E-state index contributed by atoms with van der Waals surface area (Å²) in [4.78, 5) is 14.3. The zero-order valence-electron chi connectivity index (χ0n) is 16.1. The van der Waals surface area contributed by atoms with E-state index in [2.05, 4.69) is 37.4 Å². The van der Waals surface area contributed by atoms with Gasteiger partial charge in [-0.3, -0.25) is 9.78 Å². The number of hydrogen-bond donors (Lipinski definition) is 1. The molecular formula is C19H19ClF2IN4OP. The van der Waals surface area contributed by atoms with Gasteiger partial charge in [0.05, 0.1) is 28.5 Å². The molecule has 10 heteroatoms. The van der Waals surface area contributed by atoms with Gasteiger partial charge in [-0.2, -0.15) is 5.10 Å². The van der Waals surface area contributed by atoms with Gasteiger partial charge in [-0.05, 0) is 54.5 Å². The first-order chi connectivity index (χ1) is 13.7. The number of pyridine rings is 1. The Hall–Kier alpha value is -1.64. The Balaban J connectivity index is 0.000000234. The van der Waals surface area contributed by atoms with Gasteiger partial charge < -0.3 is 5.32 Å². The molecule has 0 aliphatic heterocycles. The van der Waals surface area contributed by atoms with Crippen molar-refractivity contribution in [1.29, 1.82) is 0 Å². The topological polar surface area (TPSA) is 59.8 Å². The summed E-state index contributed by atoms with van der Waals surface area (Å²) in [7, 11) is 1.87. The highest BCUT2D eigenvalue weighted by Gasteiger charge is 2.14. The lowest BCUT2D eigenvalue weighted by atomic mass is 10.1. The molecule has 0 amide bonds. The number of anilines is 1. The molecule has 0 aliphatic rings. The minimum atomic E-state index is -1.01. The molecule has 2 aromatic heterocycles. The van der Waals surface area contributed by atoms with Crippen molar-refractivity contribution in [3.05, 3.63) is 57.5 Å². The SMILES string of the molecule is CNc1c(C)ncc(Cl)c1C.Cc1nn(PI)c2c(F)c(/C=C(\F)C=O)ccc12. The Bertz CT molecular complexity index is 1090. The number of carbonyl (C=O) groups excluding carboxylic acids is 1. The van der Waals surface area contributed by atoms with E-state index in [-0.39, 0.29) is 18.2 Å².